The number of hydrogen-bond acceptors (Lipinski definition) is 3. The molecule has 0 fully saturated rings. The van der Waals surface area contributed by atoms with E-state index in [0.29, 0.717) is 6.42 Å². The van der Waals surface area contributed by atoms with Gasteiger partial charge in [0.25, 0.3) is 0 Å². The monoisotopic (exact) mass is 469 g/mol. The molecule has 0 aliphatic carbocycles. The Morgan fingerprint density at radius 1 is 0.882 bits per heavy atom. The average Bonchev–Trinajstić information content (AvgIpc) is 3.24. The number of aromatic nitrogens is 2. The molecule has 5 heteroatoms. The number of benzene rings is 3. The molecule has 1 atom stereocenters. The van der Waals surface area contributed by atoms with Crippen LogP contribution in [0.1, 0.15) is 35.6 Å². The second-order valence-electron chi connectivity index (χ2n) is 8.82. The molecular formula is C29H31N3OS. The predicted molar refractivity (Wildman–Crippen MR) is 143 cm³/mol. The van der Waals surface area contributed by atoms with Crippen LogP contribution >= 0.6 is 11.8 Å². The van der Waals surface area contributed by atoms with E-state index in [1.807, 2.05) is 26.0 Å². The Morgan fingerprint density at radius 3 is 2.06 bits per heavy atom. The van der Waals surface area contributed by atoms with Gasteiger partial charge in [0, 0.05) is 16.8 Å². The molecule has 0 saturated carbocycles. The number of aryl methyl sites for hydroxylation is 4. The zero-order valence-electron chi connectivity index (χ0n) is 20.4. The summed E-state index contributed by atoms with van der Waals surface area (Å²) in [7, 11) is 0. The molecule has 0 aliphatic heterocycles. The molecule has 0 spiro atoms. The first-order chi connectivity index (χ1) is 16.3. The molecule has 4 nitrogen and oxygen atoms in total. The lowest BCUT2D eigenvalue weighted by molar-refractivity contribution is -0.115. The average molecular weight is 470 g/mol. The zero-order chi connectivity index (χ0) is 24.2. The van der Waals surface area contributed by atoms with E-state index in [-0.39, 0.29) is 11.2 Å². The second kappa shape index (κ2) is 10.3. The van der Waals surface area contributed by atoms with Crippen LogP contribution in [0.15, 0.2) is 71.9 Å². The number of anilines is 1. The van der Waals surface area contributed by atoms with Crippen molar-refractivity contribution >= 4 is 23.4 Å². The lowest BCUT2D eigenvalue weighted by Crippen LogP contribution is -2.25. The number of nitrogens with zero attached hydrogens (tertiary/aromatic N) is 1. The van der Waals surface area contributed by atoms with Crippen molar-refractivity contribution in [3.05, 3.63) is 89.0 Å². The minimum absolute atomic E-state index is 0.00961. The fraction of sp³-hybridized carbons (Fsp3) is 0.241. The van der Waals surface area contributed by atoms with Gasteiger partial charge in [-0.3, -0.25) is 4.79 Å². The van der Waals surface area contributed by atoms with E-state index < -0.39 is 0 Å². The zero-order valence-corrected chi connectivity index (χ0v) is 21.2. The van der Waals surface area contributed by atoms with Crippen LogP contribution in [-0.4, -0.2) is 21.1 Å². The third-order valence-corrected chi connectivity index (χ3v) is 7.15. The van der Waals surface area contributed by atoms with Gasteiger partial charge in [-0.2, -0.15) is 0 Å². The Morgan fingerprint density at radius 2 is 1.47 bits per heavy atom. The summed E-state index contributed by atoms with van der Waals surface area (Å²) in [4.78, 5) is 21.6. The topological polar surface area (TPSA) is 57.8 Å². The van der Waals surface area contributed by atoms with Gasteiger partial charge in [0.05, 0.1) is 16.6 Å². The third kappa shape index (κ3) is 5.42. The Bertz CT molecular complexity index is 1230. The molecule has 174 valence electrons. The summed E-state index contributed by atoms with van der Waals surface area (Å²) in [6.45, 7) is 10.3. The number of imidazole rings is 1. The van der Waals surface area contributed by atoms with Gasteiger partial charge in [-0.15, -0.1) is 0 Å². The number of rotatable bonds is 7. The molecule has 1 unspecified atom stereocenters. The van der Waals surface area contributed by atoms with Crippen LogP contribution < -0.4 is 5.32 Å². The van der Waals surface area contributed by atoms with Gasteiger partial charge in [0.15, 0.2) is 5.16 Å². The summed E-state index contributed by atoms with van der Waals surface area (Å²) >= 11 is 1.48. The highest BCUT2D eigenvalue weighted by molar-refractivity contribution is 8.00. The molecule has 4 rings (SSSR count). The van der Waals surface area contributed by atoms with Crippen molar-refractivity contribution in [3.63, 3.8) is 0 Å². The van der Waals surface area contributed by atoms with Gasteiger partial charge in [0.2, 0.25) is 5.91 Å². The number of hydrogen-bond donors (Lipinski definition) is 2. The highest BCUT2D eigenvalue weighted by Crippen LogP contribution is 2.35. The smallest absolute Gasteiger partial charge is 0.237 e. The summed E-state index contributed by atoms with van der Waals surface area (Å²) in [6.07, 6.45) is 0.696. The first-order valence-electron chi connectivity index (χ1n) is 11.6. The van der Waals surface area contributed by atoms with E-state index >= 15 is 0 Å². The van der Waals surface area contributed by atoms with Crippen molar-refractivity contribution in [2.45, 2.75) is 51.4 Å². The SMILES string of the molecule is CCC(Sc1nc(-c2ccc(C)cc2)c(-c2ccc(C)cc2)[nH]1)C(=O)Nc1ccc(C)cc1C. The number of amides is 1. The van der Waals surface area contributed by atoms with Gasteiger partial charge < -0.3 is 10.3 Å². The van der Waals surface area contributed by atoms with Crippen LogP contribution in [0.25, 0.3) is 22.5 Å². The third-order valence-electron chi connectivity index (χ3n) is 5.90. The Labute approximate surface area is 206 Å². The second-order valence-corrected chi connectivity index (χ2v) is 10.0. The van der Waals surface area contributed by atoms with Crippen molar-refractivity contribution in [3.8, 4) is 22.5 Å². The summed E-state index contributed by atoms with van der Waals surface area (Å²) in [5, 5.41) is 3.59. The molecule has 4 aromatic rings. The van der Waals surface area contributed by atoms with Gasteiger partial charge in [0.1, 0.15) is 0 Å². The molecule has 0 radical (unpaired) electrons. The minimum atomic E-state index is -0.261. The molecule has 3 aromatic carbocycles. The van der Waals surface area contributed by atoms with Crippen LogP contribution in [0.5, 0.6) is 0 Å². The minimum Gasteiger partial charge on any atom is -0.332 e. The maximum absolute atomic E-state index is 13.1. The van der Waals surface area contributed by atoms with Gasteiger partial charge >= 0.3 is 0 Å². The van der Waals surface area contributed by atoms with E-state index in [2.05, 4.69) is 85.7 Å². The van der Waals surface area contributed by atoms with Crippen LogP contribution in [0, 0.1) is 27.7 Å². The quantitative estimate of drug-likeness (QED) is 0.276. The highest BCUT2D eigenvalue weighted by Gasteiger charge is 2.22. The van der Waals surface area contributed by atoms with Crippen LogP contribution in [0.3, 0.4) is 0 Å². The van der Waals surface area contributed by atoms with Crippen molar-refractivity contribution in [2.75, 3.05) is 5.32 Å². The summed E-state index contributed by atoms with van der Waals surface area (Å²) in [6, 6.07) is 22.9. The van der Waals surface area contributed by atoms with Crippen molar-refractivity contribution in [1.29, 1.82) is 0 Å². The largest absolute Gasteiger partial charge is 0.332 e. The van der Waals surface area contributed by atoms with Crippen molar-refractivity contribution < 1.29 is 4.79 Å². The lowest BCUT2D eigenvalue weighted by atomic mass is 10.0. The molecule has 1 heterocycles. The standard InChI is InChI=1S/C29H31N3OS/c1-6-25(28(33)30-24-16-11-20(4)17-21(24)5)34-29-31-26(22-12-7-18(2)8-13-22)27(32-29)23-14-9-19(3)10-15-23/h7-17,25H,6H2,1-5H3,(H,30,33)(H,31,32). The van der Waals surface area contributed by atoms with Crippen molar-refractivity contribution in [1.82, 2.24) is 9.97 Å². The number of nitrogens with one attached hydrogen (secondary N) is 2. The summed E-state index contributed by atoms with van der Waals surface area (Å²) < 4.78 is 0. The molecule has 2 N–H and O–H groups in total. The Balaban J connectivity index is 1.63. The molecule has 0 saturated heterocycles. The molecule has 1 amide bonds. The van der Waals surface area contributed by atoms with Gasteiger partial charge in [-0.1, -0.05) is 96.0 Å². The lowest BCUT2D eigenvalue weighted by Gasteiger charge is -2.15. The normalized spacial score (nSPS) is 11.9. The summed E-state index contributed by atoms with van der Waals surface area (Å²) in [5.41, 5.74) is 9.52. The van der Waals surface area contributed by atoms with Crippen molar-refractivity contribution in [2.24, 2.45) is 0 Å². The molecule has 0 aliphatic rings. The Hall–Kier alpha value is -3.31. The van der Waals surface area contributed by atoms with Gasteiger partial charge in [-0.25, -0.2) is 4.98 Å². The van der Waals surface area contributed by atoms with Crippen LogP contribution in [-0.2, 0) is 4.79 Å². The number of carbonyl (C=O) groups excluding carboxylic acids is 1. The van der Waals surface area contributed by atoms with E-state index in [1.54, 1.807) is 0 Å². The van der Waals surface area contributed by atoms with E-state index in [4.69, 9.17) is 4.98 Å². The van der Waals surface area contributed by atoms with E-state index in [9.17, 15) is 4.79 Å². The van der Waals surface area contributed by atoms with Gasteiger partial charge in [-0.05, 0) is 45.7 Å². The maximum Gasteiger partial charge on any atom is 0.237 e. The predicted octanol–water partition coefficient (Wildman–Crippen LogP) is 7.49. The summed E-state index contributed by atoms with van der Waals surface area (Å²) in [5.74, 6) is -0.00961. The molecular weight excluding hydrogens is 438 g/mol. The number of aromatic amines is 1. The first-order valence-corrected chi connectivity index (χ1v) is 12.5. The maximum atomic E-state index is 13.1. The number of carbonyl (C=O) groups is 1. The van der Waals surface area contributed by atoms with E-state index in [1.165, 1.54) is 28.5 Å². The molecule has 1 aromatic heterocycles. The van der Waals surface area contributed by atoms with E-state index in [0.717, 1.165) is 38.9 Å². The molecule has 34 heavy (non-hydrogen) atoms. The Kier molecular flexibility index (Phi) is 7.23. The number of thioether (sulfide) groups is 1. The van der Waals surface area contributed by atoms with Crippen LogP contribution in [0.2, 0.25) is 0 Å². The fourth-order valence-electron chi connectivity index (χ4n) is 3.88. The fourth-order valence-corrected chi connectivity index (χ4v) is 4.79. The first kappa shape index (κ1) is 23.8. The van der Waals surface area contributed by atoms with Crippen LogP contribution in [0.4, 0.5) is 5.69 Å². The molecule has 0 bridgehead atoms. The highest BCUT2D eigenvalue weighted by atomic mass is 32.2. The number of H-pyrrole nitrogens is 1.